The monoisotopic (exact) mass is 336 g/mol. The third kappa shape index (κ3) is 1.74. The van der Waals surface area contributed by atoms with E-state index in [0.717, 1.165) is 0 Å². The molecule has 0 aromatic heterocycles. The number of hydrogen-bond donors (Lipinski definition) is 3. The fourth-order valence-electron chi connectivity index (χ4n) is 2.25. The van der Waals surface area contributed by atoms with Gasteiger partial charge in [-0.2, -0.15) is 0 Å². The van der Waals surface area contributed by atoms with Crippen LogP contribution in [0.15, 0.2) is 10.6 Å². The average molecular weight is 337 g/mol. The minimum Gasteiger partial charge on any atom is -0.477 e. The molecule has 0 bridgehead atoms. The summed E-state index contributed by atoms with van der Waals surface area (Å²) < 4.78 is 0. The first-order valence-corrected chi connectivity index (χ1v) is 5.06. The van der Waals surface area contributed by atoms with E-state index in [1.54, 1.807) is 0 Å². The molecule has 16 heavy (non-hydrogen) atoms. The van der Waals surface area contributed by atoms with Gasteiger partial charge in [0.25, 0.3) is 0 Å². The molecule has 0 aromatic carbocycles. The third-order valence-corrected chi connectivity index (χ3v) is 3.30. The molecular formula is C9H11AgNO4S. The maximum absolute atomic E-state index is 11.6. The fourth-order valence-corrected chi connectivity index (χ4v) is 2.64. The van der Waals surface area contributed by atoms with Crippen LogP contribution in [0.4, 0.5) is 0 Å². The first kappa shape index (κ1) is 13.8. The van der Waals surface area contributed by atoms with Crippen molar-refractivity contribution in [3.63, 3.8) is 0 Å². The van der Waals surface area contributed by atoms with E-state index in [2.05, 4.69) is 12.6 Å². The number of thiol groups is 1. The van der Waals surface area contributed by atoms with Gasteiger partial charge >= 0.3 is 5.97 Å². The Balaban J connectivity index is 0.00000128. The molecule has 3 atom stereocenters. The van der Waals surface area contributed by atoms with Crippen LogP contribution < -0.4 is 0 Å². The quantitative estimate of drug-likeness (QED) is 0.371. The zero-order valence-electron chi connectivity index (χ0n) is 8.35. The number of hydrogen-bond acceptors (Lipinski definition) is 4. The number of carbonyl (C=O) groups excluding carboxylic acids is 1. The molecule has 1 fully saturated rings. The zero-order valence-corrected chi connectivity index (χ0v) is 10.7. The van der Waals surface area contributed by atoms with Crippen LogP contribution in [-0.4, -0.2) is 39.1 Å². The molecule has 2 rings (SSSR count). The van der Waals surface area contributed by atoms with E-state index in [-0.39, 0.29) is 40.0 Å². The van der Waals surface area contributed by atoms with Gasteiger partial charge < -0.3 is 15.1 Å². The molecule has 2 N–H and O–H groups in total. The van der Waals surface area contributed by atoms with Crippen molar-refractivity contribution >= 4 is 24.5 Å². The fraction of sp³-hybridized carbons (Fsp3) is 0.556. The zero-order chi connectivity index (χ0) is 11.3. The molecule has 2 aliphatic rings. The van der Waals surface area contributed by atoms with Gasteiger partial charge in [0.2, 0.25) is 5.91 Å². The van der Waals surface area contributed by atoms with Gasteiger partial charge in [-0.05, 0) is 6.92 Å². The number of amides is 1. The molecule has 93 valence electrons. The van der Waals surface area contributed by atoms with Gasteiger partial charge in [0.1, 0.15) is 5.70 Å². The summed E-state index contributed by atoms with van der Waals surface area (Å²) in [5.74, 6) is -1.94. The van der Waals surface area contributed by atoms with Crippen molar-refractivity contribution in [3.8, 4) is 0 Å². The summed E-state index contributed by atoms with van der Waals surface area (Å²) in [6.45, 7) is 1.54. The molecule has 2 heterocycles. The molecule has 5 nitrogen and oxygen atoms in total. The first-order chi connectivity index (χ1) is 6.95. The van der Waals surface area contributed by atoms with Crippen molar-refractivity contribution in [2.45, 2.75) is 25.5 Å². The molecular weight excluding hydrogens is 326 g/mol. The van der Waals surface area contributed by atoms with Crippen LogP contribution >= 0.6 is 12.6 Å². The van der Waals surface area contributed by atoms with Crippen molar-refractivity contribution < 1.29 is 42.2 Å². The number of carbonyl (C=O) groups is 2. The predicted molar refractivity (Wildman–Crippen MR) is 54.1 cm³/mol. The Hall–Kier alpha value is -0.270. The van der Waals surface area contributed by atoms with Crippen molar-refractivity contribution in [2.24, 2.45) is 5.92 Å². The molecule has 0 saturated carbocycles. The number of carboxylic acids is 1. The Morgan fingerprint density at radius 2 is 2.19 bits per heavy atom. The molecule has 0 aromatic rings. The SMILES string of the molecule is C[C@@H](O)[C@H]1C(=O)N2C(C(=O)O)=C(S)C[C@H]12.[Ag]. The van der Waals surface area contributed by atoms with Gasteiger partial charge in [-0.15, -0.1) is 12.6 Å². The van der Waals surface area contributed by atoms with E-state index in [1.165, 1.54) is 11.8 Å². The number of β-lactam (4-membered cyclic amide) rings is 1. The van der Waals surface area contributed by atoms with E-state index >= 15 is 0 Å². The summed E-state index contributed by atoms with van der Waals surface area (Å²) in [4.78, 5) is 24.1. The van der Waals surface area contributed by atoms with Gasteiger partial charge in [0.15, 0.2) is 0 Å². The van der Waals surface area contributed by atoms with Crippen molar-refractivity contribution in [1.82, 2.24) is 4.90 Å². The maximum atomic E-state index is 11.6. The molecule has 0 unspecified atom stereocenters. The Morgan fingerprint density at radius 1 is 1.62 bits per heavy atom. The van der Waals surface area contributed by atoms with E-state index in [0.29, 0.717) is 11.3 Å². The van der Waals surface area contributed by atoms with Crippen molar-refractivity contribution in [1.29, 1.82) is 0 Å². The summed E-state index contributed by atoms with van der Waals surface area (Å²) in [6.07, 6.45) is -0.320. The summed E-state index contributed by atoms with van der Waals surface area (Å²) in [6, 6.07) is -0.226. The van der Waals surface area contributed by atoms with E-state index in [4.69, 9.17) is 5.11 Å². The standard InChI is InChI=1S/C9H11NO4S.Ag/c1-3(11)6-4-2-5(15)7(9(13)14)10(4)8(6)12;/h3-4,6,11,15H,2H2,1H3,(H,13,14);/t3-,4-,6-;/m1./s1. The molecule has 0 aliphatic carbocycles. The van der Waals surface area contributed by atoms with Crippen LogP contribution in [0.5, 0.6) is 0 Å². The van der Waals surface area contributed by atoms with E-state index in [1.807, 2.05) is 0 Å². The number of carboxylic acid groups (broad SMARTS) is 1. The molecule has 0 spiro atoms. The topological polar surface area (TPSA) is 77.8 Å². The van der Waals surface area contributed by atoms with Gasteiger partial charge in [-0.25, -0.2) is 4.79 Å². The van der Waals surface area contributed by atoms with Crippen LogP contribution in [0.25, 0.3) is 0 Å². The largest absolute Gasteiger partial charge is 0.477 e. The van der Waals surface area contributed by atoms with Gasteiger partial charge in [-0.1, -0.05) is 0 Å². The third-order valence-electron chi connectivity index (χ3n) is 2.91. The number of rotatable bonds is 2. The minimum absolute atomic E-state index is 0. The average Bonchev–Trinajstić information content (AvgIpc) is 2.38. The summed E-state index contributed by atoms with van der Waals surface area (Å²) in [5, 5.41) is 18.2. The summed E-state index contributed by atoms with van der Waals surface area (Å²) in [5.41, 5.74) is -0.0368. The van der Waals surface area contributed by atoms with Crippen LogP contribution in [0.2, 0.25) is 0 Å². The Labute approximate surface area is 113 Å². The number of aliphatic hydroxyl groups excluding tert-OH is 1. The molecule has 2 aliphatic heterocycles. The van der Waals surface area contributed by atoms with Crippen LogP contribution in [0.1, 0.15) is 13.3 Å². The molecule has 1 radical (unpaired) electrons. The number of aliphatic carboxylic acids is 1. The first-order valence-electron chi connectivity index (χ1n) is 4.61. The van der Waals surface area contributed by atoms with Crippen LogP contribution in [-0.2, 0) is 32.0 Å². The minimum atomic E-state index is -1.14. The normalized spacial score (nSPS) is 29.4. The number of nitrogens with zero attached hydrogens (tertiary/aromatic N) is 1. The van der Waals surface area contributed by atoms with Gasteiger partial charge in [-0.3, -0.25) is 4.79 Å². The second kappa shape index (κ2) is 4.54. The van der Waals surface area contributed by atoms with Crippen molar-refractivity contribution in [3.05, 3.63) is 10.6 Å². The Morgan fingerprint density at radius 3 is 2.62 bits per heavy atom. The number of fused-ring (bicyclic) bond motifs is 1. The predicted octanol–water partition coefficient (Wildman–Crippen LogP) is -0.179. The van der Waals surface area contributed by atoms with Gasteiger partial charge in [0.05, 0.1) is 18.1 Å². The second-order valence-corrected chi connectivity index (χ2v) is 4.39. The molecule has 7 heteroatoms. The van der Waals surface area contributed by atoms with Crippen LogP contribution in [0, 0.1) is 5.92 Å². The molecule has 1 saturated heterocycles. The van der Waals surface area contributed by atoms with E-state index in [9.17, 15) is 14.7 Å². The summed E-state index contributed by atoms with van der Waals surface area (Å²) >= 11 is 4.06. The van der Waals surface area contributed by atoms with Gasteiger partial charge in [0, 0.05) is 33.7 Å². The Kier molecular flexibility index (Phi) is 3.91. The summed E-state index contributed by atoms with van der Waals surface area (Å²) in [7, 11) is 0. The smallest absolute Gasteiger partial charge is 0.353 e. The van der Waals surface area contributed by atoms with Crippen LogP contribution in [0.3, 0.4) is 0 Å². The number of aliphatic hydroxyl groups is 1. The Bertz CT molecular complexity index is 382. The maximum Gasteiger partial charge on any atom is 0.353 e. The molecule has 1 amide bonds. The second-order valence-electron chi connectivity index (χ2n) is 3.85. The van der Waals surface area contributed by atoms with E-state index < -0.39 is 18.0 Å². The van der Waals surface area contributed by atoms with Crippen molar-refractivity contribution in [2.75, 3.05) is 0 Å².